The average molecular weight is 277 g/mol. The zero-order chi connectivity index (χ0) is 14.5. The molecule has 0 aromatic carbocycles. The van der Waals surface area contributed by atoms with Crippen LogP contribution in [0.15, 0.2) is 10.7 Å². The van der Waals surface area contributed by atoms with Crippen molar-refractivity contribution in [2.24, 2.45) is 0 Å². The molecule has 0 saturated carbocycles. The summed E-state index contributed by atoms with van der Waals surface area (Å²) in [6.45, 7) is 2.23. The fraction of sp³-hybridized carbons (Fsp3) is 0.364. The summed E-state index contributed by atoms with van der Waals surface area (Å²) < 4.78 is 4.95. The van der Waals surface area contributed by atoms with Crippen molar-refractivity contribution >= 4 is 17.7 Å². The third-order valence-corrected chi connectivity index (χ3v) is 2.57. The molecular formula is C11H15N7O2. The highest BCUT2D eigenvalue weighted by Crippen LogP contribution is 2.14. The van der Waals surface area contributed by atoms with Crippen LogP contribution in [0.1, 0.15) is 29.0 Å². The summed E-state index contributed by atoms with van der Waals surface area (Å²) in [5.41, 5.74) is 6.47. The standard InChI is InChI=1S/C11H15N7O2/c1-3-6-4-15-11(12)17-8(6)14-5-7-16-9(18-20-7)10(19)13-2/h4H,3,5H2,1-2H3,(H,13,19)(H3,12,14,15,17). The Morgan fingerprint density at radius 1 is 1.45 bits per heavy atom. The minimum absolute atomic E-state index is 0.0118. The van der Waals surface area contributed by atoms with E-state index in [2.05, 4.69) is 30.7 Å². The van der Waals surface area contributed by atoms with Gasteiger partial charge in [0.05, 0.1) is 6.54 Å². The number of nitrogens with one attached hydrogen (secondary N) is 2. The van der Waals surface area contributed by atoms with Crippen LogP contribution in [0.4, 0.5) is 11.8 Å². The van der Waals surface area contributed by atoms with Gasteiger partial charge >= 0.3 is 0 Å². The monoisotopic (exact) mass is 277 g/mol. The van der Waals surface area contributed by atoms with Gasteiger partial charge in [0.15, 0.2) is 0 Å². The summed E-state index contributed by atoms with van der Waals surface area (Å²) >= 11 is 0. The van der Waals surface area contributed by atoms with Gasteiger partial charge in [-0.05, 0) is 6.42 Å². The molecule has 0 spiro atoms. The summed E-state index contributed by atoms with van der Waals surface area (Å²) in [6, 6.07) is 0. The molecule has 9 heteroatoms. The molecule has 0 aliphatic rings. The Hall–Kier alpha value is -2.71. The summed E-state index contributed by atoms with van der Waals surface area (Å²) in [4.78, 5) is 23.3. The average Bonchev–Trinajstić information content (AvgIpc) is 2.93. The number of carbonyl (C=O) groups excluding carboxylic acids is 1. The van der Waals surface area contributed by atoms with Crippen LogP contribution < -0.4 is 16.4 Å². The molecule has 20 heavy (non-hydrogen) atoms. The lowest BCUT2D eigenvalue weighted by molar-refractivity contribution is 0.0950. The van der Waals surface area contributed by atoms with Crippen LogP contribution in [0, 0.1) is 0 Å². The Morgan fingerprint density at radius 3 is 2.95 bits per heavy atom. The first-order chi connectivity index (χ1) is 9.63. The number of hydrogen-bond donors (Lipinski definition) is 3. The van der Waals surface area contributed by atoms with Gasteiger partial charge in [0, 0.05) is 18.8 Å². The normalized spacial score (nSPS) is 10.3. The first-order valence-corrected chi connectivity index (χ1v) is 6.04. The van der Waals surface area contributed by atoms with Gasteiger partial charge in [-0.25, -0.2) is 4.98 Å². The van der Waals surface area contributed by atoms with E-state index in [1.165, 1.54) is 7.05 Å². The molecule has 0 radical (unpaired) electrons. The fourth-order valence-corrected chi connectivity index (χ4v) is 1.52. The Bertz CT molecular complexity index is 611. The molecule has 4 N–H and O–H groups in total. The van der Waals surface area contributed by atoms with Gasteiger partial charge < -0.3 is 20.9 Å². The van der Waals surface area contributed by atoms with Crippen LogP contribution in [0.25, 0.3) is 0 Å². The SMILES string of the molecule is CCc1cnc(N)nc1NCc1nc(C(=O)NC)no1. The molecule has 2 rings (SSSR count). The van der Waals surface area contributed by atoms with Crippen LogP contribution in [0.5, 0.6) is 0 Å². The van der Waals surface area contributed by atoms with E-state index in [0.717, 1.165) is 12.0 Å². The number of nitrogen functional groups attached to an aromatic ring is 1. The van der Waals surface area contributed by atoms with Crippen LogP contribution in [0.3, 0.4) is 0 Å². The number of nitrogens with two attached hydrogens (primary N) is 1. The van der Waals surface area contributed by atoms with Crippen molar-refractivity contribution in [2.45, 2.75) is 19.9 Å². The topological polar surface area (TPSA) is 132 Å². The molecule has 2 heterocycles. The summed E-state index contributed by atoms with van der Waals surface area (Å²) in [5.74, 6) is 0.659. The predicted molar refractivity (Wildman–Crippen MR) is 70.8 cm³/mol. The second kappa shape index (κ2) is 5.95. The largest absolute Gasteiger partial charge is 0.368 e. The van der Waals surface area contributed by atoms with Crippen molar-refractivity contribution in [3.05, 3.63) is 23.5 Å². The van der Waals surface area contributed by atoms with E-state index in [1.807, 2.05) is 6.92 Å². The fourth-order valence-electron chi connectivity index (χ4n) is 1.52. The Morgan fingerprint density at radius 2 is 2.25 bits per heavy atom. The highest BCUT2D eigenvalue weighted by atomic mass is 16.5. The number of aromatic nitrogens is 4. The van der Waals surface area contributed by atoms with E-state index >= 15 is 0 Å². The number of aryl methyl sites for hydroxylation is 1. The summed E-state index contributed by atoms with van der Waals surface area (Å²) in [6.07, 6.45) is 2.42. The molecule has 0 aliphatic carbocycles. The number of anilines is 2. The van der Waals surface area contributed by atoms with Crippen molar-refractivity contribution in [2.75, 3.05) is 18.1 Å². The van der Waals surface area contributed by atoms with E-state index < -0.39 is 5.91 Å². The second-order valence-corrected chi connectivity index (χ2v) is 3.90. The van der Waals surface area contributed by atoms with Gasteiger partial charge in [-0.15, -0.1) is 0 Å². The summed E-state index contributed by atoms with van der Waals surface area (Å²) in [5, 5.41) is 9.01. The van der Waals surface area contributed by atoms with Crippen molar-refractivity contribution in [3.8, 4) is 0 Å². The molecule has 106 valence electrons. The lowest BCUT2D eigenvalue weighted by atomic mass is 10.2. The van der Waals surface area contributed by atoms with E-state index in [-0.39, 0.29) is 24.2 Å². The Labute approximate surface area is 115 Å². The van der Waals surface area contributed by atoms with Crippen LogP contribution in [-0.4, -0.2) is 33.1 Å². The van der Waals surface area contributed by atoms with Gasteiger partial charge in [-0.2, -0.15) is 9.97 Å². The van der Waals surface area contributed by atoms with E-state index in [4.69, 9.17) is 10.3 Å². The van der Waals surface area contributed by atoms with Crippen molar-refractivity contribution in [3.63, 3.8) is 0 Å². The molecule has 0 unspecified atom stereocenters. The minimum Gasteiger partial charge on any atom is -0.368 e. The van der Waals surface area contributed by atoms with Crippen molar-refractivity contribution < 1.29 is 9.32 Å². The highest BCUT2D eigenvalue weighted by Gasteiger charge is 2.13. The Kier molecular flexibility index (Phi) is 4.08. The minimum atomic E-state index is -0.402. The number of nitrogens with zero attached hydrogens (tertiary/aromatic N) is 4. The molecular weight excluding hydrogens is 262 g/mol. The van der Waals surface area contributed by atoms with Gasteiger partial charge in [0.2, 0.25) is 11.8 Å². The van der Waals surface area contributed by atoms with Gasteiger partial charge in [0.1, 0.15) is 5.82 Å². The van der Waals surface area contributed by atoms with Gasteiger partial charge in [0.25, 0.3) is 11.7 Å². The highest BCUT2D eigenvalue weighted by molar-refractivity contribution is 5.89. The predicted octanol–water partition coefficient (Wildman–Crippen LogP) is -0.0241. The lowest BCUT2D eigenvalue weighted by Crippen LogP contribution is -2.19. The van der Waals surface area contributed by atoms with Crippen LogP contribution in [-0.2, 0) is 13.0 Å². The molecule has 2 aromatic rings. The molecule has 0 saturated heterocycles. The lowest BCUT2D eigenvalue weighted by Gasteiger charge is -2.07. The number of amides is 1. The number of carbonyl (C=O) groups is 1. The molecule has 0 atom stereocenters. The molecule has 9 nitrogen and oxygen atoms in total. The third-order valence-electron chi connectivity index (χ3n) is 2.57. The maximum Gasteiger partial charge on any atom is 0.292 e. The van der Waals surface area contributed by atoms with E-state index in [9.17, 15) is 4.79 Å². The summed E-state index contributed by atoms with van der Waals surface area (Å²) in [7, 11) is 1.49. The molecule has 0 fully saturated rings. The maximum absolute atomic E-state index is 11.3. The molecule has 0 aliphatic heterocycles. The van der Waals surface area contributed by atoms with Crippen LogP contribution in [0.2, 0.25) is 0 Å². The smallest absolute Gasteiger partial charge is 0.292 e. The van der Waals surface area contributed by atoms with E-state index in [1.54, 1.807) is 6.20 Å². The first-order valence-electron chi connectivity index (χ1n) is 6.04. The van der Waals surface area contributed by atoms with E-state index in [0.29, 0.717) is 5.82 Å². The van der Waals surface area contributed by atoms with Crippen LogP contribution >= 0.6 is 0 Å². The van der Waals surface area contributed by atoms with Gasteiger partial charge in [-0.1, -0.05) is 12.1 Å². The first kappa shape index (κ1) is 13.7. The molecule has 2 aromatic heterocycles. The zero-order valence-corrected chi connectivity index (χ0v) is 11.2. The van der Waals surface area contributed by atoms with Crippen molar-refractivity contribution in [1.82, 2.24) is 25.4 Å². The Balaban J connectivity index is 2.07. The third kappa shape index (κ3) is 2.99. The zero-order valence-electron chi connectivity index (χ0n) is 11.2. The van der Waals surface area contributed by atoms with Crippen molar-refractivity contribution in [1.29, 1.82) is 0 Å². The molecule has 1 amide bonds. The number of hydrogen-bond acceptors (Lipinski definition) is 8. The molecule has 0 bridgehead atoms. The van der Waals surface area contributed by atoms with Gasteiger partial charge in [-0.3, -0.25) is 4.79 Å². The second-order valence-electron chi connectivity index (χ2n) is 3.90. The maximum atomic E-state index is 11.3. The number of rotatable bonds is 5. The quantitative estimate of drug-likeness (QED) is 0.694.